The van der Waals surface area contributed by atoms with Gasteiger partial charge >= 0.3 is 0 Å². The van der Waals surface area contributed by atoms with E-state index in [0.29, 0.717) is 39.9 Å². The number of methoxy groups -OCH3 is 4. The maximum atomic E-state index is 12.9. The van der Waals surface area contributed by atoms with Crippen molar-refractivity contribution in [3.8, 4) is 23.0 Å². The summed E-state index contributed by atoms with van der Waals surface area (Å²) in [6.45, 7) is 2.65. The predicted molar refractivity (Wildman–Crippen MR) is 108 cm³/mol. The molecule has 0 saturated carbocycles. The molecular formula is C20H22N2O5S. The Morgan fingerprint density at radius 3 is 2.29 bits per heavy atom. The number of thiazole rings is 1. The van der Waals surface area contributed by atoms with Crippen molar-refractivity contribution in [1.82, 2.24) is 4.57 Å². The second-order valence-electron chi connectivity index (χ2n) is 5.76. The molecule has 0 fully saturated rings. The van der Waals surface area contributed by atoms with Crippen molar-refractivity contribution < 1.29 is 23.7 Å². The van der Waals surface area contributed by atoms with E-state index in [1.54, 1.807) is 32.4 Å². The number of fused-ring (bicyclic) bond motifs is 1. The van der Waals surface area contributed by atoms with Crippen molar-refractivity contribution >= 4 is 27.5 Å². The van der Waals surface area contributed by atoms with Crippen LogP contribution in [0.25, 0.3) is 10.2 Å². The van der Waals surface area contributed by atoms with Crippen LogP contribution in [0.4, 0.5) is 0 Å². The molecule has 0 N–H and O–H groups in total. The highest BCUT2D eigenvalue weighted by molar-refractivity contribution is 7.16. The number of aromatic nitrogens is 1. The van der Waals surface area contributed by atoms with Crippen molar-refractivity contribution in [3.05, 3.63) is 40.7 Å². The molecule has 0 spiro atoms. The third-order valence-electron chi connectivity index (χ3n) is 4.33. The van der Waals surface area contributed by atoms with Gasteiger partial charge in [0, 0.05) is 18.7 Å². The summed E-state index contributed by atoms with van der Waals surface area (Å²) in [6.07, 6.45) is 0. The first kappa shape index (κ1) is 19.8. The van der Waals surface area contributed by atoms with Gasteiger partial charge in [0.1, 0.15) is 0 Å². The van der Waals surface area contributed by atoms with Crippen LogP contribution in [0.3, 0.4) is 0 Å². The van der Waals surface area contributed by atoms with Gasteiger partial charge in [-0.1, -0.05) is 17.4 Å². The van der Waals surface area contributed by atoms with E-state index in [4.69, 9.17) is 18.9 Å². The molecule has 0 bridgehead atoms. The maximum absolute atomic E-state index is 12.9. The number of nitrogens with zero attached hydrogens (tertiary/aromatic N) is 2. The lowest BCUT2D eigenvalue weighted by Crippen LogP contribution is -2.16. The first-order valence-corrected chi connectivity index (χ1v) is 9.44. The van der Waals surface area contributed by atoms with Crippen LogP contribution >= 0.6 is 11.3 Å². The summed E-state index contributed by atoms with van der Waals surface area (Å²) in [5.74, 6) is 1.71. The third kappa shape index (κ3) is 3.43. The zero-order valence-electron chi connectivity index (χ0n) is 16.4. The van der Waals surface area contributed by atoms with Gasteiger partial charge in [-0.25, -0.2) is 0 Å². The highest BCUT2D eigenvalue weighted by atomic mass is 32.1. The number of amides is 1. The Morgan fingerprint density at radius 1 is 1.00 bits per heavy atom. The molecule has 0 aliphatic rings. The summed E-state index contributed by atoms with van der Waals surface area (Å²) in [5.41, 5.74) is 1.27. The number of aryl methyl sites for hydroxylation is 1. The molecule has 0 unspecified atom stereocenters. The van der Waals surface area contributed by atoms with E-state index in [-0.39, 0.29) is 0 Å². The molecule has 7 nitrogen and oxygen atoms in total. The minimum atomic E-state index is -0.400. The largest absolute Gasteiger partial charge is 0.493 e. The second-order valence-corrected chi connectivity index (χ2v) is 6.77. The number of rotatable bonds is 6. The molecule has 0 aliphatic heterocycles. The molecular weight excluding hydrogens is 380 g/mol. The lowest BCUT2D eigenvalue weighted by molar-refractivity contribution is 0.0994. The minimum absolute atomic E-state index is 0.345. The average molecular weight is 402 g/mol. The van der Waals surface area contributed by atoms with Crippen LogP contribution in [-0.4, -0.2) is 38.9 Å². The van der Waals surface area contributed by atoms with Crippen LogP contribution in [-0.2, 0) is 6.54 Å². The molecule has 1 aromatic heterocycles. The Bertz CT molecular complexity index is 1080. The van der Waals surface area contributed by atoms with Crippen LogP contribution < -0.4 is 23.7 Å². The van der Waals surface area contributed by atoms with Gasteiger partial charge < -0.3 is 23.5 Å². The standard InChI is InChI=1S/C20H22N2O5S/c1-6-22-13-10-15(25-3)16(26-4)11-17(13)28-20(22)21-19(23)12-8-7-9-14(24-2)18(12)27-5/h7-11H,6H2,1-5H3. The number of hydrogen-bond acceptors (Lipinski definition) is 6. The lowest BCUT2D eigenvalue weighted by atomic mass is 10.2. The van der Waals surface area contributed by atoms with E-state index < -0.39 is 5.91 Å². The smallest absolute Gasteiger partial charge is 0.283 e. The van der Waals surface area contributed by atoms with Crippen molar-refractivity contribution in [1.29, 1.82) is 0 Å². The molecule has 1 heterocycles. The lowest BCUT2D eigenvalue weighted by Gasteiger charge is -2.10. The van der Waals surface area contributed by atoms with Crippen molar-refractivity contribution in [2.75, 3.05) is 28.4 Å². The first-order valence-electron chi connectivity index (χ1n) is 8.63. The number of benzene rings is 2. The van der Waals surface area contributed by atoms with Gasteiger partial charge in [-0.3, -0.25) is 4.79 Å². The molecule has 0 aliphatic carbocycles. The molecule has 0 saturated heterocycles. The van der Waals surface area contributed by atoms with Crippen LogP contribution in [0, 0.1) is 0 Å². The fraction of sp³-hybridized carbons (Fsp3) is 0.300. The summed E-state index contributed by atoms with van der Waals surface area (Å²) in [4.78, 5) is 17.8. The van der Waals surface area contributed by atoms with E-state index >= 15 is 0 Å². The SMILES string of the molecule is CCn1c(=NC(=O)c2cccc(OC)c2OC)sc2cc(OC)c(OC)cc21. The number of carbonyl (C=O) groups is 1. The van der Waals surface area contributed by atoms with Crippen LogP contribution in [0.2, 0.25) is 0 Å². The zero-order chi connectivity index (χ0) is 20.3. The van der Waals surface area contributed by atoms with Gasteiger partial charge in [-0.15, -0.1) is 0 Å². The van der Waals surface area contributed by atoms with Gasteiger partial charge in [0.15, 0.2) is 27.8 Å². The quantitative estimate of drug-likeness (QED) is 0.631. The van der Waals surface area contributed by atoms with Crippen LogP contribution in [0.5, 0.6) is 23.0 Å². The summed E-state index contributed by atoms with van der Waals surface area (Å²) in [7, 11) is 6.21. The molecule has 3 aromatic rings. The van der Waals surface area contributed by atoms with Gasteiger partial charge in [0.2, 0.25) is 0 Å². The topological polar surface area (TPSA) is 71.3 Å². The van der Waals surface area contributed by atoms with Crippen molar-refractivity contribution in [3.63, 3.8) is 0 Å². The number of para-hydroxylation sites is 1. The van der Waals surface area contributed by atoms with Gasteiger partial charge in [0.05, 0.1) is 44.2 Å². The molecule has 0 atom stereocenters. The molecule has 2 aromatic carbocycles. The van der Waals surface area contributed by atoms with Crippen molar-refractivity contribution in [2.45, 2.75) is 13.5 Å². The average Bonchev–Trinajstić information content (AvgIpc) is 3.07. The maximum Gasteiger partial charge on any atom is 0.283 e. The Labute approximate surface area is 166 Å². The van der Waals surface area contributed by atoms with Crippen LogP contribution in [0.15, 0.2) is 35.3 Å². The highest BCUT2D eigenvalue weighted by Crippen LogP contribution is 2.34. The summed E-state index contributed by atoms with van der Waals surface area (Å²) in [6, 6.07) is 8.92. The Hall–Kier alpha value is -3.00. The summed E-state index contributed by atoms with van der Waals surface area (Å²) >= 11 is 1.41. The zero-order valence-corrected chi connectivity index (χ0v) is 17.3. The summed E-state index contributed by atoms with van der Waals surface area (Å²) < 4.78 is 24.3. The van der Waals surface area contributed by atoms with Gasteiger partial charge in [-0.05, 0) is 19.1 Å². The van der Waals surface area contributed by atoms with E-state index in [1.807, 2.05) is 23.6 Å². The van der Waals surface area contributed by atoms with Gasteiger partial charge in [-0.2, -0.15) is 4.99 Å². The monoisotopic (exact) mass is 402 g/mol. The van der Waals surface area contributed by atoms with E-state index in [0.717, 1.165) is 10.2 Å². The van der Waals surface area contributed by atoms with E-state index in [1.165, 1.54) is 25.6 Å². The Balaban J connectivity index is 2.18. The predicted octanol–water partition coefficient (Wildman–Crippen LogP) is 3.50. The van der Waals surface area contributed by atoms with Crippen molar-refractivity contribution in [2.24, 2.45) is 4.99 Å². The molecule has 148 valence electrons. The van der Waals surface area contributed by atoms with Gasteiger partial charge in [0.25, 0.3) is 5.91 Å². The molecule has 28 heavy (non-hydrogen) atoms. The number of hydrogen-bond donors (Lipinski definition) is 0. The second kappa shape index (κ2) is 8.35. The third-order valence-corrected chi connectivity index (χ3v) is 5.38. The summed E-state index contributed by atoms with van der Waals surface area (Å²) in [5, 5.41) is 0. The van der Waals surface area contributed by atoms with E-state index in [9.17, 15) is 4.79 Å². The molecule has 3 rings (SSSR count). The molecule has 8 heteroatoms. The highest BCUT2D eigenvalue weighted by Gasteiger charge is 2.17. The number of ether oxygens (including phenoxy) is 4. The fourth-order valence-electron chi connectivity index (χ4n) is 2.99. The first-order chi connectivity index (χ1) is 13.6. The van der Waals surface area contributed by atoms with E-state index in [2.05, 4.69) is 4.99 Å². The Kier molecular flexibility index (Phi) is 5.89. The van der Waals surface area contributed by atoms with Crippen LogP contribution in [0.1, 0.15) is 17.3 Å². The fourth-order valence-corrected chi connectivity index (χ4v) is 4.09. The molecule has 0 radical (unpaired) electrons. The number of carbonyl (C=O) groups excluding carboxylic acids is 1. The minimum Gasteiger partial charge on any atom is -0.493 e. The Morgan fingerprint density at radius 2 is 1.68 bits per heavy atom. The molecule has 1 amide bonds. The normalized spacial score (nSPS) is 11.5.